The standard InChI is InChI=1S/C27H23NO7.C2HF3O2/c28-20(11-16-5-2-1-3-6-16)27(31)35-18-13-21(29)25-24(14-18)34-15-19(26(25)30)17-7-8-22-23(12-17)33-10-4-9-32-22;3-2(4,5)1(6)7/h1-3,5-8,12-15,20,29H,4,9-11,28H2;(H,6,7)/t20-;/m1./s1. The van der Waals surface area contributed by atoms with Crippen molar-refractivity contribution in [3.63, 3.8) is 0 Å². The van der Waals surface area contributed by atoms with Crippen LogP contribution in [0.4, 0.5) is 13.2 Å². The second-order valence-corrected chi connectivity index (χ2v) is 9.03. The zero-order valence-electron chi connectivity index (χ0n) is 21.7. The minimum absolute atomic E-state index is 0.0231. The van der Waals surface area contributed by atoms with Gasteiger partial charge < -0.3 is 34.6 Å². The third-order valence-electron chi connectivity index (χ3n) is 5.95. The van der Waals surface area contributed by atoms with Gasteiger partial charge >= 0.3 is 18.1 Å². The number of ether oxygens (including phenoxy) is 3. The molecule has 10 nitrogen and oxygen atoms in total. The van der Waals surface area contributed by atoms with E-state index in [9.17, 15) is 27.9 Å². The minimum Gasteiger partial charge on any atom is -0.507 e. The van der Waals surface area contributed by atoms with E-state index >= 15 is 0 Å². The zero-order chi connectivity index (χ0) is 30.4. The molecule has 0 bridgehead atoms. The molecule has 0 saturated heterocycles. The lowest BCUT2D eigenvalue weighted by molar-refractivity contribution is -0.192. The summed E-state index contributed by atoms with van der Waals surface area (Å²) in [6, 6.07) is 16.2. The van der Waals surface area contributed by atoms with Gasteiger partial charge in [-0.05, 0) is 29.7 Å². The summed E-state index contributed by atoms with van der Waals surface area (Å²) in [6.07, 6.45) is -2.72. The van der Waals surface area contributed by atoms with Crippen LogP contribution in [-0.4, -0.2) is 47.6 Å². The van der Waals surface area contributed by atoms with Crippen molar-refractivity contribution >= 4 is 22.9 Å². The fourth-order valence-electron chi connectivity index (χ4n) is 3.94. The monoisotopic (exact) mass is 587 g/mol. The Morgan fingerprint density at radius 1 is 1.00 bits per heavy atom. The van der Waals surface area contributed by atoms with Gasteiger partial charge in [-0.2, -0.15) is 13.2 Å². The summed E-state index contributed by atoms with van der Waals surface area (Å²) in [7, 11) is 0. The van der Waals surface area contributed by atoms with E-state index in [0.717, 1.165) is 12.0 Å². The number of phenols is 1. The van der Waals surface area contributed by atoms with Crippen molar-refractivity contribution < 1.29 is 51.6 Å². The van der Waals surface area contributed by atoms with Crippen LogP contribution in [0.3, 0.4) is 0 Å². The van der Waals surface area contributed by atoms with Gasteiger partial charge in [0.2, 0.25) is 5.43 Å². The predicted molar refractivity (Wildman–Crippen MR) is 143 cm³/mol. The molecule has 0 aliphatic carbocycles. The molecule has 1 aliphatic rings. The van der Waals surface area contributed by atoms with Gasteiger partial charge in [0.05, 0.1) is 18.8 Å². The Morgan fingerprint density at radius 2 is 1.67 bits per heavy atom. The molecule has 2 heterocycles. The van der Waals surface area contributed by atoms with Crippen molar-refractivity contribution in [1.29, 1.82) is 0 Å². The average molecular weight is 588 g/mol. The van der Waals surface area contributed by atoms with Crippen LogP contribution in [0.25, 0.3) is 22.1 Å². The lowest BCUT2D eigenvalue weighted by atomic mass is 10.0. The van der Waals surface area contributed by atoms with Crippen LogP contribution in [0.15, 0.2) is 76.1 Å². The number of nitrogens with two attached hydrogens (primary N) is 1. The third kappa shape index (κ3) is 7.18. The van der Waals surface area contributed by atoms with Crippen LogP contribution in [0.1, 0.15) is 12.0 Å². The highest BCUT2D eigenvalue weighted by atomic mass is 19.4. The predicted octanol–water partition coefficient (Wildman–Crippen LogP) is 4.44. The molecule has 1 atom stereocenters. The van der Waals surface area contributed by atoms with Gasteiger partial charge in [0.25, 0.3) is 0 Å². The molecule has 0 amide bonds. The van der Waals surface area contributed by atoms with Crippen molar-refractivity contribution in [3.8, 4) is 34.1 Å². The molecule has 3 aromatic carbocycles. The Bertz CT molecular complexity index is 1650. The van der Waals surface area contributed by atoms with E-state index in [1.807, 2.05) is 30.3 Å². The molecule has 4 aromatic rings. The first-order chi connectivity index (χ1) is 19.9. The first-order valence-electron chi connectivity index (χ1n) is 12.4. The molecule has 5 rings (SSSR count). The van der Waals surface area contributed by atoms with Crippen molar-refractivity contribution in [2.45, 2.75) is 25.1 Å². The van der Waals surface area contributed by atoms with E-state index in [1.54, 1.807) is 18.2 Å². The number of aliphatic carboxylic acids is 1. The van der Waals surface area contributed by atoms with Gasteiger partial charge in [-0.3, -0.25) is 4.79 Å². The maximum absolute atomic E-state index is 13.2. The van der Waals surface area contributed by atoms with Crippen LogP contribution < -0.4 is 25.4 Å². The van der Waals surface area contributed by atoms with Crippen LogP contribution in [0.2, 0.25) is 0 Å². The normalized spacial score (nSPS) is 13.3. The molecule has 0 unspecified atom stereocenters. The number of halogens is 3. The quantitative estimate of drug-likeness (QED) is 0.225. The van der Waals surface area contributed by atoms with Gasteiger partial charge in [-0.1, -0.05) is 36.4 Å². The van der Waals surface area contributed by atoms with E-state index in [1.165, 1.54) is 18.4 Å². The molecule has 0 saturated carbocycles. The number of hydrogen-bond acceptors (Lipinski definition) is 9. The van der Waals surface area contributed by atoms with E-state index in [4.69, 9.17) is 34.3 Å². The SMILES string of the molecule is N[C@H](Cc1ccccc1)C(=O)Oc1cc(O)c2c(=O)c(-c3ccc4c(c3)OCCCO4)coc2c1.O=C(O)C(F)(F)F. The molecular weight excluding hydrogens is 563 g/mol. The number of phenolic OH excluding ortho intramolecular Hbond substituents is 1. The lowest BCUT2D eigenvalue weighted by Gasteiger charge is -2.12. The van der Waals surface area contributed by atoms with Crippen molar-refractivity contribution in [2.75, 3.05) is 13.2 Å². The number of esters is 1. The third-order valence-corrected chi connectivity index (χ3v) is 5.95. The van der Waals surface area contributed by atoms with E-state index in [0.29, 0.717) is 36.7 Å². The van der Waals surface area contributed by atoms with Crippen LogP contribution in [-0.2, 0) is 16.0 Å². The number of carboxylic acids is 1. The lowest BCUT2D eigenvalue weighted by Crippen LogP contribution is -2.36. The summed E-state index contributed by atoms with van der Waals surface area (Å²) in [5.41, 5.74) is 7.33. The van der Waals surface area contributed by atoms with Gasteiger partial charge in [-0.25, -0.2) is 9.59 Å². The molecule has 1 aliphatic heterocycles. The van der Waals surface area contributed by atoms with Crippen molar-refractivity contribution in [2.24, 2.45) is 5.73 Å². The number of benzene rings is 3. The molecule has 1 aromatic heterocycles. The fourth-order valence-corrected chi connectivity index (χ4v) is 3.94. The van der Waals surface area contributed by atoms with E-state index < -0.39 is 29.6 Å². The number of carboxylic acid groups (broad SMARTS) is 1. The van der Waals surface area contributed by atoms with Crippen LogP contribution >= 0.6 is 0 Å². The van der Waals surface area contributed by atoms with Gasteiger partial charge in [-0.15, -0.1) is 0 Å². The van der Waals surface area contributed by atoms with Crippen molar-refractivity contribution in [3.05, 3.63) is 82.7 Å². The number of carbonyl (C=O) groups excluding carboxylic acids is 1. The fraction of sp³-hybridized carbons (Fsp3) is 0.207. The van der Waals surface area contributed by atoms with Crippen LogP contribution in [0, 0.1) is 0 Å². The van der Waals surface area contributed by atoms with Crippen LogP contribution in [0.5, 0.6) is 23.0 Å². The first-order valence-corrected chi connectivity index (χ1v) is 12.4. The topological polar surface area (TPSA) is 159 Å². The van der Waals surface area contributed by atoms with Gasteiger partial charge in [0.15, 0.2) is 11.5 Å². The summed E-state index contributed by atoms with van der Waals surface area (Å²) in [5.74, 6) is -2.62. The second-order valence-electron chi connectivity index (χ2n) is 9.03. The summed E-state index contributed by atoms with van der Waals surface area (Å²) in [6.45, 7) is 1.07. The molecule has 0 fully saturated rings. The molecule has 220 valence electrons. The molecule has 0 spiro atoms. The van der Waals surface area contributed by atoms with Crippen molar-refractivity contribution in [1.82, 2.24) is 0 Å². The molecule has 4 N–H and O–H groups in total. The molecule has 42 heavy (non-hydrogen) atoms. The Balaban J connectivity index is 0.000000517. The van der Waals surface area contributed by atoms with E-state index in [-0.39, 0.29) is 28.0 Å². The smallest absolute Gasteiger partial charge is 0.490 e. The number of rotatable bonds is 5. The van der Waals surface area contributed by atoms with E-state index in [2.05, 4.69) is 0 Å². The largest absolute Gasteiger partial charge is 0.507 e. The Labute approximate surface area is 235 Å². The molecule has 0 radical (unpaired) electrons. The Hall–Kier alpha value is -5.04. The number of hydrogen-bond donors (Lipinski definition) is 3. The summed E-state index contributed by atoms with van der Waals surface area (Å²) < 4.78 is 54.1. The maximum Gasteiger partial charge on any atom is 0.490 e. The number of alkyl halides is 3. The summed E-state index contributed by atoms with van der Waals surface area (Å²) in [5, 5.41) is 17.7. The molecule has 13 heteroatoms. The summed E-state index contributed by atoms with van der Waals surface area (Å²) >= 11 is 0. The Kier molecular flexibility index (Phi) is 9.01. The van der Waals surface area contributed by atoms with Gasteiger partial charge in [0.1, 0.15) is 34.8 Å². The first kappa shape index (κ1) is 29.9. The highest BCUT2D eigenvalue weighted by Crippen LogP contribution is 2.35. The van der Waals surface area contributed by atoms with Gasteiger partial charge in [0, 0.05) is 18.6 Å². The second kappa shape index (κ2) is 12.6. The molecular formula is C29H24F3NO9. The summed E-state index contributed by atoms with van der Waals surface area (Å²) in [4.78, 5) is 34.6. The number of carbonyl (C=O) groups is 2. The highest BCUT2D eigenvalue weighted by Gasteiger charge is 2.38. The minimum atomic E-state index is -5.08. The Morgan fingerprint density at radius 3 is 2.33 bits per heavy atom. The number of aromatic hydroxyl groups is 1. The average Bonchev–Trinajstić information content (AvgIpc) is 3.18. The number of fused-ring (bicyclic) bond motifs is 2. The maximum atomic E-state index is 13.2. The highest BCUT2D eigenvalue weighted by molar-refractivity contribution is 5.89. The zero-order valence-corrected chi connectivity index (χ0v) is 21.7.